The summed E-state index contributed by atoms with van der Waals surface area (Å²) < 4.78 is 94.6. The molecule has 0 aromatic carbocycles. The van der Waals surface area contributed by atoms with E-state index in [1.807, 2.05) is 0 Å². The Kier molecular flexibility index (Phi) is 12.2. The summed E-state index contributed by atoms with van der Waals surface area (Å²) >= 11 is 0. The Morgan fingerprint density at radius 3 is 0.839 bits per heavy atom. The van der Waals surface area contributed by atoms with Gasteiger partial charge in [0.2, 0.25) is 0 Å². The monoisotopic (exact) mass is 524 g/mol. The summed E-state index contributed by atoms with van der Waals surface area (Å²) in [5.74, 6) is 0. The van der Waals surface area contributed by atoms with Crippen molar-refractivity contribution in [1.82, 2.24) is 0 Å². The molecule has 31 heavy (non-hydrogen) atoms. The van der Waals surface area contributed by atoms with Gasteiger partial charge >= 0.3 is 0 Å². The summed E-state index contributed by atoms with van der Waals surface area (Å²) in [6.07, 6.45) is 8.05. The predicted octanol–water partition coefficient (Wildman–Crippen LogP) is 2.19. The summed E-state index contributed by atoms with van der Waals surface area (Å²) in [6, 6.07) is 0. The summed E-state index contributed by atoms with van der Waals surface area (Å²) in [7, 11) is -13.0. The van der Waals surface area contributed by atoms with Crippen LogP contribution in [0.4, 0.5) is 0 Å². The highest BCUT2D eigenvalue weighted by Gasteiger charge is 2.25. The lowest BCUT2D eigenvalue weighted by Crippen LogP contribution is -2.24. The van der Waals surface area contributed by atoms with Crippen LogP contribution in [-0.2, 0) is 39.3 Å². The average Bonchev–Trinajstić information content (AvgIpc) is 2.54. The highest BCUT2D eigenvalue weighted by atomic mass is 32.2. The second kappa shape index (κ2) is 12.3. The van der Waals surface area contributed by atoms with Crippen LogP contribution >= 0.6 is 0 Å². The summed E-state index contributed by atoms with van der Waals surface area (Å²) in [5.41, 5.74) is 0. The van der Waals surface area contributed by atoms with Crippen molar-refractivity contribution in [3.05, 3.63) is 0 Å². The van der Waals surface area contributed by atoms with E-state index in [-0.39, 0.29) is 0 Å². The highest BCUT2D eigenvalue weighted by Crippen LogP contribution is 2.23. The molecule has 0 rings (SSSR count). The van der Waals surface area contributed by atoms with E-state index in [0.717, 1.165) is 25.0 Å². The molecule has 0 bridgehead atoms. The minimum Gasteiger partial charge on any atom is -0.229 e. The third-order valence-electron chi connectivity index (χ3n) is 6.00. The smallest absolute Gasteiger partial charge is 0.150 e. The molecule has 0 aromatic heterocycles. The first kappa shape index (κ1) is 30.8. The van der Waals surface area contributed by atoms with E-state index in [9.17, 15) is 33.7 Å². The zero-order valence-electron chi connectivity index (χ0n) is 19.6. The first-order chi connectivity index (χ1) is 13.8. The first-order valence-electron chi connectivity index (χ1n) is 10.5. The molecule has 0 amide bonds. The van der Waals surface area contributed by atoms with E-state index in [4.69, 9.17) is 0 Å². The van der Waals surface area contributed by atoms with E-state index in [1.165, 1.54) is 0 Å². The van der Waals surface area contributed by atoms with Crippen molar-refractivity contribution < 1.29 is 33.7 Å². The molecule has 0 aliphatic heterocycles. The Morgan fingerprint density at radius 1 is 0.419 bits per heavy atom. The molecule has 0 aliphatic carbocycles. The Labute approximate surface area is 190 Å². The van der Waals surface area contributed by atoms with Crippen LogP contribution in [0.3, 0.4) is 0 Å². The van der Waals surface area contributed by atoms with Crippen LogP contribution in [0, 0.1) is 0 Å². The molecule has 0 saturated heterocycles. The van der Waals surface area contributed by atoms with E-state index in [2.05, 4.69) is 0 Å². The number of hydrogen-bond donors (Lipinski definition) is 0. The molecule has 0 aliphatic rings. The van der Waals surface area contributed by atoms with E-state index in [0.29, 0.717) is 57.8 Å². The second-order valence-electron chi connectivity index (χ2n) is 8.98. The molecule has 0 fully saturated rings. The third kappa shape index (κ3) is 13.2. The van der Waals surface area contributed by atoms with Gasteiger partial charge in [-0.15, -0.1) is 0 Å². The van der Waals surface area contributed by atoms with Gasteiger partial charge < -0.3 is 0 Å². The molecule has 0 N–H and O–H groups in total. The van der Waals surface area contributed by atoms with Crippen molar-refractivity contribution >= 4 is 39.3 Å². The van der Waals surface area contributed by atoms with Crippen molar-refractivity contribution in [2.45, 2.75) is 92.6 Å². The molecule has 12 heteroatoms. The Balaban J connectivity index is 4.84. The fourth-order valence-corrected chi connectivity index (χ4v) is 6.98. The van der Waals surface area contributed by atoms with Gasteiger partial charge in [0.1, 0.15) is 39.3 Å². The minimum atomic E-state index is -3.34. The van der Waals surface area contributed by atoms with Gasteiger partial charge in [-0.05, 0) is 52.4 Å². The quantitative estimate of drug-likeness (QED) is 0.300. The van der Waals surface area contributed by atoms with Crippen LogP contribution in [0.5, 0.6) is 0 Å². The largest absolute Gasteiger partial charge is 0.229 e. The van der Waals surface area contributed by atoms with Crippen LogP contribution in [0.25, 0.3) is 0 Å². The van der Waals surface area contributed by atoms with Gasteiger partial charge in [-0.2, -0.15) is 0 Å². The van der Waals surface area contributed by atoms with Crippen LogP contribution in [-0.4, -0.2) is 79.7 Å². The van der Waals surface area contributed by atoms with Crippen molar-refractivity contribution in [2.75, 3.05) is 25.0 Å². The Hall–Kier alpha value is -0.200. The molecule has 0 aromatic rings. The maximum atomic E-state index is 12.1. The van der Waals surface area contributed by atoms with Gasteiger partial charge in [0, 0.05) is 25.0 Å². The van der Waals surface area contributed by atoms with Crippen LogP contribution in [0.2, 0.25) is 0 Å². The zero-order valence-corrected chi connectivity index (χ0v) is 22.8. The normalized spacial score (nSPS) is 17.7. The molecule has 0 heterocycles. The van der Waals surface area contributed by atoms with Crippen LogP contribution in [0.1, 0.15) is 71.6 Å². The highest BCUT2D eigenvalue weighted by molar-refractivity contribution is 7.92. The van der Waals surface area contributed by atoms with E-state index < -0.39 is 60.3 Å². The summed E-state index contributed by atoms with van der Waals surface area (Å²) in [5, 5.41) is -2.33. The lowest BCUT2D eigenvalue weighted by Gasteiger charge is -2.19. The van der Waals surface area contributed by atoms with E-state index >= 15 is 0 Å². The van der Waals surface area contributed by atoms with Gasteiger partial charge in [0.05, 0.1) is 21.0 Å². The standard InChI is InChI=1S/C19H40O8S4/c1-16(28(3,20)21)10-7-12-18(30(5,24)25)14-9-15-19(31(6,26)27)13-8-11-17(2)29(4,22)23/h16-19H,7-15H2,1-6H3. The number of hydrogen-bond acceptors (Lipinski definition) is 8. The zero-order chi connectivity index (χ0) is 24.7. The van der Waals surface area contributed by atoms with Crippen molar-refractivity contribution in [2.24, 2.45) is 0 Å². The van der Waals surface area contributed by atoms with Crippen LogP contribution in [0.15, 0.2) is 0 Å². The molecular formula is C19H40O8S4. The van der Waals surface area contributed by atoms with Gasteiger partial charge in [-0.1, -0.05) is 19.3 Å². The molecule has 0 spiro atoms. The Bertz CT molecular complexity index is 884. The molecule has 0 saturated carbocycles. The lowest BCUT2D eigenvalue weighted by atomic mass is 10.0. The maximum absolute atomic E-state index is 12.1. The first-order valence-corrected chi connectivity index (χ1v) is 18.3. The number of sulfone groups is 4. The predicted molar refractivity (Wildman–Crippen MR) is 127 cm³/mol. The minimum absolute atomic E-state index is 0.317. The molecule has 188 valence electrons. The van der Waals surface area contributed by atoms with Gasteiger partial charge in [0.15, 0.2) is 0 Å². The fraction of sp³-hybridized carbons (Fsp3) is 1.00. The fourth-order valence-electron chi connectivity index (χ4n) is 3.41. The topological polar surface area (TPSA) is 137 Å². The molecule has 8 nitrogen and oxygen atoms in total. The van der Waals surface area contributed by atoms with Gasteiger partial charge in [-0.25, -0.2) is 33.7 Å². The molecule has 4 atom stereocenters. The number of rotatable bonds is 16. The molecule has 4 unspecified atom stereocenters. The van der Waals surface area contributed by atoms with Gasteiger partial charge in [0.25, 0.3) is 0 Å². The SMILES string of the molecule is CC(CCCC(CCCC(CCCC(C)S(C)(=O)=O)S(C)(=O)=O)S(C)(=O)=O)S(C)(=O)=O. The van der Waals surface area contributed by atoms with Gasteiger partial charge in [-0.3, -0.25) is 0 Å². The molecular weight excluding hydrogens is 484 g/mol. The second-order valence-corrected chi connectivity index (χ2v) is 18.6. The van der Waals surface area contributed by atoms with Crippen molar-refractivity contribution in [3.63, 3.8) is 0 Å². The maximum Gasteiger partial charge on any atom is 0.150 e. The van der Waals surface area contributed by atoms with E-state index in [1.54, 1.807) is 13.8 Å². The van der Waals surface area contributed by atoms with Crippen LogP contribution < -0.4 is 0 Å². The Morgan fingerprint density at radius 2 is 0.645 bits per heavy atom. The third-order valence-corrected chi connectivity index (χ3v) is 12.8. The van der Waals surface area contributed by atoms with Crippen molar-refractivity contribution in [1.29, 1.82) is 0 Å². The average molecular weight is 525 g/mol. The molecule has 0 radical (unpaired) electrons. The van der Waals surface area contributed by atoms with Crippen molar-refractivity contribution in [3.8, 4) is 0 Å². The lowest BCUT2D eigenvalue weighted by molar-refractivity contribution is 0.508. The summed E-state index contributed by atoms with van der Waals surface area (Å²) in [6.45, 7) is 3.21. The summed E-state index contributed by atoms with van der Waals surface area (Å²) in [4.78, 5) is 0.